The first kappa shape index (κ1) is 25.4. The summed E-state index contributed by atoms with van der Waals surface area (Å²) in [6.45, 7) is 7.05. The Bertz CT molecular complexity index is 1030. The highest BCUT2D eigenvalue weighted by Crippen LogP contribution is 2.35. The van der Waals surface area contributed by atoms with Gasteiger partial charge in [-0.3, -0.25) is 9.69 Å². The average molecular weight is 525 g/mol. The lowest BCUT2D eigenvalue weighted by Gasteiger charge is -2.46. The predicted octanol–water partition coefficient (Wildman–Crippen LogP) is 6.97. The van der Waals surface area contributed by atoms with Crippen molar-refractivity contribution in [2.75, 3.05) is 29.9 Å². The number of hydrogen-bond acceptors (Lipinski definition) is 4. The second-order valence-electron chi connectivity index (χ2n) is 9.59. The molecule has 34 heavy (non-hydrogen) atoms. The van der Waals surface area contributed by atoms with Crippen molar-refractivity contribution < 1.29 is 9.90 Å². The monoisotopic (exact) mass is 523 g/mol. The van der Waals surface area contributed by atoms with Gasteiger partial charge in [-0.2, -0.15) is 0 Å². The lowest BCUT2D eigenvalue weighted by molar-refractivity contribution is -0.143. The molecule has 4 rings (SSSR count). The van der Waals surface area contributed by atoms with Gasteiger partial charge in [0.1, 0.15) is 0 Å². The van der Waals surface area contributed by atoms with E-state index >= 15 is 0 Å². The molecule has 2 aliphatic rings. The van der Waals surface area contributed by atoms with E-state index in [1.807, 2.05) is 25.1 Å². The van der Waals surface area contributed by atoms with Gasteiger partial charge in [-0.15, -0.1) is 0 Å². The normalized spacial score (nSPS) is 24.6. The van der Waals surface area contributed by atoms with Crippen molar-refractivity contribution in [1.82, 2.24) is 4.90 Å². The summed E-state index contributed by atoms with van der Waals surface area (Å²) in [5.74, 6) is -0.847. The molecule has 1 saturated carbocycles. The minimum Gasteiger partial charge on any atom is -0.481 e. The maximum absolute atomic E-state index is 11.5. The summed E-state index contributed by atoms with van der Waals surface area (Å²) in [5.41, 5.74) is 2.95. The number of hydrogen-bond donors (Lipinski definition) is 2. The molecule has 1 heterocycles. The summed E-state index contributed by atoms with van der Waals surface area (Å²) >= 11 is 19.0. The third-order valence-electron chi connectivity index (χ3n) is 7.25. The van der Waals surface area contributed by atoms with E-state index in [9.17, 15) is 9.90 Å². The minimum atomic E-state index is -0.647. The first-order chi connectivity index (χ1) is 16.2. The van der Waals surface area contributed by atoms with Crippen LogP contribution in [0.15, 0.2) is 36.4 Å². The van der Waals surface area contributed by atoms with Crippen LogP contribution in [0.3, 0.4) is 0 Å². The van der Waals surface area contributed by atoms with E-state index in [1.165, 1.54) is 0 Å². The van der Waals surface area contributed by atoms with Crippen LogP contribution >= 0.6 is 34.8 Å². The average Bonchev–Trinajstić information content (AvgIpc) is 2.80. The fourth-order valence-corrected chi connectivity index (χ4v) is 6.13. The molecule has 4 atom stereocenters. The lowest BCUT2D eigenvalue weighted by atomic mass is 9.84. The molecule has 1 aliphatic heterocycles. The number of carboxylic acid groups (broad SMARTS) is 1. The zero-order chi connectivity index (χ0) is 24.4. The largest absolute Gasteiger partial charge is 0.481 e. The Balaban J connectivity index is 1.44. The number of halogens is 3. The van der Waals surface area contributed by atoms with E-state index in [1.54, 1.807) is 6.07 Å². The van der Waals surface area contributed by atoms with Crippen LogP contribution in [0, 0.1) is 5.92 Å². The number of piperazine rings is 1. The predicted molar refractivity (Wildman–Crippen MR) is 142 cm³/mol. The fraction of sp³-hybridized carbons (Fsp3) is 0.500. The van der Waals surface area contributed by atoms with Crippen molar-refractivity contribution in [2.45, 2.75) is 57.7 Å². The first-order valence-electron chi connectivity index (χ1n) is 12.0. The highest BCUT2D eigenvalue weighted by atomic mass is 35.5. The fourth-order valence-electron chi connectivity index (χ4n) is 5.39. The Morgan fingerprint density at radius 2 is 1.88 bits per heavy atom. The van der Waals surface area contributed by atoms with Crippen molar-refractivity contribution in [3.63, 3.8) is 0 Å². The molecule has 184 valence electrons. The van der Waals surface area contributed by atoms with Gasteiger partial charge in [0.2, 0.25) is 0 Å². The van der Waals surface area contributed by atoms with Crippen LogP contribution in [0.5, 0.6) is 0 Å². The van der Waals surface area contributed by atoms with Crippen molar-refractivity contribution in [2.24, 2.45) is 5.92 Å². The molecule has 1 saturated heterocycles. The highest BCUT2D eigenvalue weighted by molar-refractivity contribution is 6.35. The minimum absolute atomic E-state index is 0.0414. The van der Waals surface area contributed by atoms with Gasteiger partial charge in [-0.1, -0.05) is 47.3 Å². The number of anilines is 2. The molecule has 0 amide bonds. The number of nitrogens with one attached hydrogen (secondary N) is 1. The number of rotatable bonds is 6. The van der Waals surface area contributed by atoms with Crippen LogP contribution in [-0.2, 0) is 4.79 Å². The Morgan fingerprint density at radius 1 is 1.09 bits per heavy atom. The van der Waals surface area contributed by atoms with Gasteiger partial charge >= 0.3 is 5.97 Å². The Morgan fingerprint density at radius 3 is 2.59 bits per heavy atom. The first-order valence-corrected chi connectivity index (χ1v) is 13.1. The second-order valence-corrected chi connectivity index (χ2v) is 10.8. The number of aliphatic carboxylic acids is 1. The second kappa shape index (κ2) is 10.9. The van der Waals surface area contributed by atoms with Crippen LogP contribution in [0.4, 0.5) is 11.4 Å². The smallest absolute Gasteiger partial charge is 0.306 e. The number of nitrogens with zero attached hydrogens (tertiary/aromatic N) is 2. The third-order valence-corrected chi connectivity index (χ3v) is 8.15. The molecule has 2 fully saturated rings. The Hall–Kier alpha value is -1.66. The zero-order valence-electron chi connectivity index (χ0n) is 19.6. The highest BCUT2D eigenvalue weighted by Gasteiger charge is 2.34. The third kappa shape index (κ3) is 5.76. The van der Waals surface area contributed by atoms with Gasteiger partial charge in [0, 0.05) is 47.5 Å². The molecule has 2 aromatic rings. The van der Waals surface area contributed by atoms with Gasteiger partial charge in [-0.25, -0.2) is 0 Å². The molecule has 2 aromatic carbocycles. The van der Waals surface area contributed by atoms with Crippen LogP contribution in [0.25, 0.3) is 0 Å². The maximum Gasteiger partial charge on any atom is 0.306 e. The molecule has 1 aliphatic carbocycles. The Labute approximate surface area is 217 Å². The quantitative estimate of drug-likeness (QED) is 0.427. The van der Waals surface area contributed by atoms with E-state index in [2.05, 4.69) is 34.2 Å². The molecule has 3 unspecified atom stereocenters. The molecule has 0 aromatic heterocycles. The van der Waals surface area contributed by atoms with Crippen LogP contribution in [-0.4, -0.2) is 47.7 Å². The Kier molecular flexibility index (Phi) is 8.19. The maximum atomic E-state index is 11.5. The zero-order valence-corrected chi connectivity index (χ0v) is 21.9. The molecule has 0 bridgehead atoms. The van der Waals surface area contributed by atoms with E-state index in [0.29, 0.717) is 27.2 Å². The molecule has 0 spiro atoms. The lowest BCUT2D eigenvalue weighted by Crippen LogP contribution is -2.56. The molecular weight excluding hydrogens is 493 g/mol. The van der Waals surface area contributed by atoms with Crippen molar-refractivity contribution in [1.29, 1.82) is 0 Å². The van der Waals surface area contributed by atoms with Gasteiger partial charge in [0.05, 0.1) is 22.7 Å². The van der Waals surface area contributed by atoms with Gasteiger partial charge in [0.25, 0.3) is 0 Å². The van der Waals surface area contributed by atoms with Crippen molar-refractivity contribution in [3.05, 3.63) is 57.0 Å². The summed E-state index contributed by atoms with van der Waals surface area (Å²) in [4.78, 5) is 16.4. The summed E-state index contributed by atoms with van der Waals surface area (Å²) in [5, 5.41) is 14.9. The van der Waals surface area contributed by atoms with E-state index < -0.39 is 5.97 Å². The van der Waals surface area contributed by atoms with Gasteiger partial charge < -0.3 is 15.3 Å². The summed E-state index contributed by atoms with van der Waals surface area (Å²) in [6, 6.07) is 12.3. The summed E-state index contributed by atoms with van der Waals surface area (Å²) in [7, 11) is 0. The molecular formula is C26H32Cl3N3O2. The number of carbonyl (C=O) groups is 1. The molecule has 2 N–H and O–H groups in total. The van der Waals surface area contributed by atoms with Crippen molar-refractivity contribution >= 4 is 52.1 Å². The summed E-state index contributed by atoms with van der Waals surface area (Å²) < 4.78 is 0. The van der Waals surface area contributed by atoms with Gasteiger partial charge in [-0.05, 0) is 69.0 Å². The van der Waals surface area contributed by atoms with Crippen LogP contribution < -0.4 is 10.2 Å². The number of benzene rings is 2. The van der Waals surface area contributed by atoms with Gasteiger partial charge in [0.15, 0.2) is 0 Å². The van der Waals surface area contributed by atoms with Crippen molar-refractivity contribution in [3.8, 4) is 0 Å². The van der Waals surface area contributed by atoms with E-state index in [4.69, 9.17) is 34.8 Å². The number of carboxylic acids is 1. The molecule has 5 nitrogen and oxygen atoms in total. The standard InChI is InChI=1S/C26H32Cl3N3O2/c1-16-15-31(20-5-3-4-18(12-20)26(33)34)10-11-32(16)21-7-9-23(28)25(14-21)30-17(2)22-8-6-19(27)13-24(22)29/h6-9,13-14,16-18,20,30H,3-5,10-12,15H2,1-2H3,(H,33,34)/t16-,17?,18?,20?/m0/s1. The molecule has 0 radical (unpaired) electrons. The summed E-state index contributed by atoms with van der Waals surface area (Å²) in [6.07, 6.45) is 3.67. The van der Waals surface area contributed by atoms with Crippen LogP contribution in [0.2, 0.25) is 15.1 Å². The van der Waals surface area contributed by atoms with E-state index in [-0.39, 0.29) is 12.0 Å². The van der Waals surface area contributed by atoms with Crippen LogP contribution in [0.1, 0.15) is 51.1 Å². The van der Waals surface area contributed by atoms with E-state index in [0.717, 1.165) is 62.3 Å². The SMILES string of the molecule is CC(Nc1cc(N2CCN(C3CCCC(C(=O)O)C3)C[C@@H]2C)ccc1Cl)c1ccc(Cl)cc1Cl. The topological polar surface area (TPSA) is 55.8 Å². The molecule has 8 heteroatoms.